The van der Waals surface area contributed by atoms with E-state index in [0.29, 0.717) is 0 Å². The lowest BCUT2D eigenvalue weighted by Crippen LogP contribution is -2.56. The maximum Gasteiger partial charge on any atom is 0.181 e. The molecule has 5 nitrogen and oxygen atoms in total. The molecular formula is C25H33N3O2S. The summed E-state index contributed by atoms with van der Waals surface area (Å²) in [6.45, 7) is 11.0. The number of piperazine rings is 1. The van der Waals surface area contributed by atoms with E-state index in [0.717, 1.165) is 49.4 Å². The van der Waals surface area contributed by atoms with E-state index in [9.17, 15) is 5.11 Å². The van der Waals surface area contributed by atoms with Crippen molar-refractivity contribution in [2.75, 3.05) is 26.2 Å². The molecule has 2 aromatic rings. The SMILES string of the molecule is Cc1ccc(CN2CCN(C3NC=CC(c4ccccc4)=C3C(O)OC(C)C)CC2)s1. The molecule has 4 rings (SSSR count). The van der Waals surface area contributed by atoms with Crippen LogP contribution < -0.4 is 5.32 Å². The Morgan fingerprint density at radius 1 is 1.10 bits per heavy atom. The van der Waals surface area contributed by atoms with E-state index >= 15 is 0 Å². The van der Waals surface area contributed by atoms with Gasteiger partial charge >= 0.3 is 0 Å². The molecule has 1 aromatic heterocycles. The van der Waals surface area contributed by atoms with Crippen LogP contribution in [0.2, 0.25) is 0 Å². The van der Waals surface area contributed by atoms with Crippen molar-refractivity contribution < 1.29 is 9.84 Å². The van der Waals surface area contributed by atoms with Crippen LogP contribution in [-0.4, -0.2) is 59.6 Å². The molecule has 2 aliphatic rings. The van der Waals surface area contributed by atoms with Crippen LogP contribution in [0.1, 0.15) is 29.2 Å². The number of aliphatic hydroxyl groups excluding tert-OH is 1. The average molecular weight is 440 g/mol. The number of aliphatic hydroxyl groups is 1. The number of thiophene rings is 1. The zero-order valence-corrected chi connectivity index (χ0v) is 19.4. The third-order valence-electron chi connectivity index (χ3n) is 5.81. The lowest BCUT2D eigenvalue weighted by Gasteiger charge is -2.42. The van der Waals surface area contributed by atoms with Crippen LogP contribution >= 0.6 is 11.3 Å². The van der Waals surface area contributed by atoms with Gasteiger partial charge in [-0.25, -0.2) is 0 Å². The fourth-order valence-electron chi connectivity index (χ4n) is 4.31. The van der Waals surface area contributed by atoms with Gasteiger partial charge in [0.2, 0.25) is 0 Å². The Labute approximate surface area is 189 Å². The van der Waals surface area contributed by atoms with E-state index in [2.05, 4.69) is 46.3 Å². The summed E-state index contributed by atoms with van der Waals surface area (Å²) in [4.78, 5) is 7.74. The first-order valence-electron chi connectivity index (χ1n) is 11.1. The molecule has 3 heterocycles. The summed E-state index contributed by atoms with van der Waals surface area (Å²) in [5.74, 6) is 0. The van der Waals surface area contributed by atoms with Crippen LogP contribution in [0.3, 0.4) is 0 Å². The zero-order valence-electron chi connectivity index (χ0n) is 18.6. The van der Waals surface area contributed by atoms with Crippen molar-refractivity contribution in [2.45, 2.75) is 45.9 Å². The summed E-state index contributed by atoms with van der Waals surface area (Å²) in [5, 5.41) is 14.5. The molecule has 31 heavy (non-hydrogen) atoms. The predicted octanol–water partition coefficient (Wildman–Crippen LogP) is 3.81. The minimum absolute atomic E-state index is 0.0582. The Balaban J connectivity index is 1.52. The van der Waals surface area contributed by atoms with Gasteiger partial charge in [0.1, 0.15) is 6.17 Å². The average Bonchev–Trinajstić information content (AvgIpc) is 3.18. The second-order valence-corrected chi connectivity index (χ2v) is 9.87. The number of nitrogens with one attached hydrogen (secondary N) is 1. The first-order chi connectivity index (χ1) is 15.0. The molecule has 166 valence electrons. The first-order valence-corrected chi connectivity index (χ1v) is 11.9. The van der Waals surface area contributed by atoms with Crippen molar-refractivity contribution >= 4 is 16.9 Å². The smallest absolute Gasteiger partial charge is 0.181 e. The Bertz CT molecular complexity index is 914. The molecule has 0 aliphatic carbocycles. The number of allylic oxidation sites excluding steroid dienone is 2. The lowest BCUT2D eigenvalue weighted by atomic mass is 9.94. The van der Waals surface area contributed by atoms with Crippen LogP contribution in [0.25, 0.3) is 5.57 Å². The quantitative estimate of drug-likeness (QED) is 0.643. The normalized spacial score (nSPS) is 21.5. The number of aryl methyl sites for hydroxylation is 1. The fraction of sp³-hybridized carbons (Fsp3) is 0.440. The van der Waals surface area contributed by atoms with Gasteiger partial charge in [0, 0.05) is 48.1 Å². The molecule has 0 spiro atoms. The summed E-state index contributed by atoms with van der Waals surface area (Å²) in [7, 11) is 0. The monoisotopic (exact) mass is 439 g/mol. The summed E-state index contributed by atoms with van der Waals surface area (Å²) < 4.78 is 5.85. The molecule has 6 heteroatoms. The number of hydrogen-bond donors (Lipinski definition) is 2. The molecule has 2 aliphatic heterocycles. The summed E-state index contributed by atoms with van der Waals surface area (Å²) in [5.41, 5.74) is 3.03. The third-order valence-corrected chi connectivity index (χ3v) is 6.79. The van der Waals surface area contributed by atoms with Crippen molar-refractivity contribution in [3.05, 3.63) is 75.6 Å². The van der Waals surface area contributed by atoms with Gasteiger partial charge in [-0.1, -0.05) is 30.3 Å². The van der Waals surface area contributed by atoms with Gasteiger partial charge in [-0.3, -0.25) is 9.80 Å². The zero-order chi connectivity index (χ0) is 21.8. The molecule has 0 saturated carbocycles. The van der Waals surface area contributed by atoms with E-state index < -0.39 is 6.29 Å². The van der Waals surface area contributed by atoms with E-state index in [1.165, 1.54) is 9.75 Å². The summed E-state index contributed by atoms with van der Waals surface area (Å²) >= 11 is 1.88. The standard InChI is InChI=1S/C25H33N3O2S/c1-18(2)30-25(29)23-22(20-7-5-4-6-8-20)11-12-26-24(23)28-15-13-27(14-16-28)17-21-10-9-19(3)31-21/h4-12,18,24-26,29H,13-17H2,1-3H3. The number of dihydropyridines is 1. The molecule has 2 N–H and O–H groups in total. The van der Waals surface area contributed by atoms with Gasteiger partial charge in [0.15, 0.2) is 6.29 Å². The van der Waals surface area contributed by atoms with Crippen molar-refractivity contribution in [2.24, 2.45) is 0 Å². The van der Waals surface area contributed by atoms with Crippen LogP contribution in [0, 0.1) is 6.92 Å². The van der Waals surface area contributed by atoms with Crippen molar-refractivity contribution in [1.82, 2.24) is 15.1 Å². The van der Waals surface area contributed by atoms with Gasteiger partial charge in [-0.15, -0.1) is 11.3 Å². The highest BCUT2D eigenvalue weighted by atomic mass is 32.1. The van der Waals surface area contributed by atoms with Gasteiger partial charge in [0.25, 0.3) is 0 Å². The second-order valence-electron chi connectivity index (χ2n) is 8.50. The van der Waals surface area contributed by atoms with Crippen LogP contribution in [0.5, 0.6) is 0 Å². The Morgan fingerprint density at radius 3 is 2.48 bits per heavy atom. The second kappa shape index (κ2) is 10.1. The van der Waals surface area contributed by atoms with Crippen LogP contribution in [0.4, 0.5) is 0 Å². The molecule has 1 fully saturated rings. The van der Waals surface area contributed by atoms with Crippen molar-refractivity contribution in [1.29, 1.82) is 0 Å². The fourth-order valence-corrected chi connectivity index (χ4v) is 5.24. The van der Waals surface area contributed by atoms with E-state index in [1.807, 2.05) is 55.7 Å². The highest BCUT2D eigenvalue weighted by molar-refractivity contribution is 7.11. The molecule has 1 saturated heterocycles. The molecule has 0 bridgehead atoms. The number of nitrogens with zero attached hydrogens (tertiary/aromatic N) is 2. The predicted molar refractivity (Wildman–Crippen MR) is 128 cm³/mol. The summed E-state index contributed by atoms with van der Waals surface area (Å²) in [6, 6.07) is 14.7. The minimum atomic E-state index is -0.954. The van der Waals surface area contributed by atoms with E-state index in [1.54, 1.807) is 0 Å². The maximum atomic E-state index is 11.0. The Hall–Kier alpha value is -1.96. The van der Waals surface area contributed by atoms with Gasteiger partial charge in [-0.2, -0.15) is 0 Å². The number of ether oxygens (including phenoxy) is 1. The number of hydrogen-bond acceptors (Lipinski definition) is 6. The molecule has 2 atom stereocenters. The van der Waals surface area contributed by atoms with E-state index in [4.69, 9.17) is 4.74 Å². The third kappa shape index (κ3) is 5.45. The maximum absolute atomic E-state index is 11.0. The highest BCUT2D eigenvalue weighted by Gasteiger charge is 2.33. The van der Waals surface area contributed by atoms with Crippen LogP contribution in [-0.2, 0) is 11.3 Å². The molecule has 0 radical (unpaired) electrons. The van der Waals surface area contributed by atoms with Gasteiger partial charge in [0.05, 0.1) is 6.10 Å². The highest BCUT2D eigenvalue weighted by Crippen LogP contribution is 2.30. The van der Waals surface area contributed by atoms with E-state index in [-0.39, 0.29) is 12.3 Å². The van der Waals surface area contributed by atoms with Crippen molar-refractivity contribution in [3.63, 3.8) is 0 Å². The minimum Gasteiger partial charge on any atom is -0.372 e. The molecule has 1 aromatic carbocycles. The Morgan fingerprint density at radius 2 is 1.84 bits per heavy atom. The van der Waals surface area contributed by atoms with Crippen molar-refractivity contribution in [3.8, 4) is 0 Å². The van der Waals surface area contributed by atoms with Crippen LogP contribution in [0.15, 0.2) is 60.3 Å². The number of benzene rings is 1. The summed E-state index contributed by atoms with van der Waals surface area (Å²) in [6.07, 6.45) is 2.95. The Kier molecular flexibility index (Phi) is 7.25. The number of rotatable bonds is 7. The molecule has 0 amide bonds. The molecule has 2 unspecified atom stereocenters. The first kappa shape index (κ1) is 22.2. The molecular weight excluding hydrogens is 406 g/mol. The van der Waals surface area contributed by atoms with Gasteiger partial charge in [-0.05, 0) is 56.3 Å². The van der Waals surface area contributed by atoms with Gasteiger partial charge < -0.3 is 15.2 Å². The lowest BCUT2D eigenvalue weighted by molar-refractivity contribution is -0.108. The largest absolute Gasteiger partial charge is 0.372 e. The topological polar surface area (TPSA) is 48.0 Å².